The van der Waals surface area contributed by atoms with E-state index in [1.54, 1.807) is 6.92 Å². The highest BCUT2D eigenvalue weighted by Gasteiger charge is 2.01. The van der Waals surface area contributed by atoms with Crippen molar-refractivity contribution in [2.24, 2.45) is 0 Å². The summed E-state index contributed by atoms with van der Waals surface area (Å²) < 4.78 is 0. The van der Waals surface area contributed by atoms with E-state index in [2.05, 4.69) is 11.5 Å². The van der Waals surface area contributed by atoms with Gasteiger partial charge in [-0.25, -0.2) is 0 Å². The lowest BCUT2D eigenvalue weighted by atomic mass is 10.1. The fraction of sp³-hybridized carbons (Fsp3) is 0.333. The maximum Gasteiger partial charge on any atom is 0.0761 e. The third-order valence-corrected chi connectivity index (χ3v) is 2.22. The highest BCUT2D eigenvalue weighted by Crippen LogP contribution is 2.17. The van der Waals surface area contributed by atoms with E-state index in [0.717, 1.165) is 17.8 Å². The first kappa shape index (κ1) is 10.8. The van der Waals surface area contributed by atoms with Gasteiger partial charge < -0.3 is 10.0 Å². The Balaban J connectivity index is 2.77. The fourth-order valence-corrected chi connectivity index (χ4v) is 1.31. The molecule has 76 valence electrons. The number of hydrogen-bond acceptors (Lipinski definition) is 2. The predicted octanol–water partition coefficient (Wildman–Crippen LogP) is 2.36. The Labute approximate surface area is 85.5 Å². The molecule has 0 amide bonds. The van der Waals surface area contributed by atoms with Crippen molar-refractivity contribution in [3.05, 3.63) is 42.5 Å². The first-order chi connectivity index (χ1) is 6.65. The average molecular weight is 191 g/mol. The summed E-state index contributed by atoms with van der Waals surface area (Å²) in [4.78, 5) is 2.10. The molecule has 0 aliphatic carbocycles. The number of rotatable bonds is 4. The summed E-state index contributed by atoms with van der Waals surface area (Å²) in [6, 6.07) is 7.90. The standard InChI is InChI=1S/C12H17NO/c1-4-9-13(3)12-7-5-11(6-8-12)10(2)14/h4-8,10,14H,1,9H2,2-3H3/t10-/m1/s1. The molecule has 1 atom stereocenters. The van der Waals surface area contributed by atoms with Crippen molar-refractivity contribution in [2.75, 3.05) is 18.5 Å². The topological polar surface area (TPSA) is 23.5 Å². The van der Waals surface area contributed by atoms with Gasteiger partial charge >= 0.3 is 0 Å². The normalized spacial score (nSPS) is 12.2. The van der Waals surface area contributed by atoms with Gasteiger partial charge in [0.05, 0.1) is 6.10 Å². The van der Waals surface area contributed by atoms with Gasteiger partial charge in [-0.05, 0) is 24.6 Å². The van der Waals surface area contributed by atoms with E-state index in [9.17, 15) is 5.11 Å². The van der Waals surface area contributed by atoms with Crippen LogP contribution < -0.4 is 4.90 Å². The zero-order valence-electron chi connectivity index (χ0n) is 8.77. The minimum Gasteiger partial charge on any atom is -0.389 e. The van der Waals surface area contributed by atoms with Crippen LogP contribution >= 0.6 is 0 Å². The molecule has 0 aliphatic heterocycles. The van der Waals surface area contributed by atoms with Gasteiger partial charge in [0.15, 0.2) is 0 Å². The molecule has 0 spiro atoms. The summed E-state index contributed by atoms with van der Waals surface area (Å²) in [7, 11) is 2.01. The Kier molecular flexibility index (Phi) is 3.72. The highest BCUT2D eigenvalue weighted by molar-refractivity contribution is 5.47. The number of benzene rings is 1. The van der Waals surface area contributed by atoms with Gasteiger partial charge in [-0.2, -0.15) is 0 Å². The summed E-state index contributed by atoms with van der Waals surface area (Å²) in [5, 5.41) is 9.33. The fourth-order valence-electron chi connectivity index (χ4n) is 1.31. The monoisotopic (exact) mass is 191 g/mol. The third-order valence-electron chi connectivity index (χ3n) is 2.22. The molecule has 0 unspecified atom stereocenters. The molecule has 14 heavy (non-hydrogen) atoms. The van der Waals surface area contributed by atoms with E-state index in [-0.39, 0.29) is 0 Å². The summed E-state index contributed by atoms with van der Waals surface area (Å²) in [6.07, 6.45) is 1.47. The van der Waals surface area contributed by atoms with Crippen molar-refractivity contribution in [3.63, 3.8) is 0 Å². The lowest BCUT2D eigenvalue weighted by molar-refractivity contribution is 0.199. The van der Waals surface area contributed by atoms with Crippen LogP contribution in [0.4, 0.5) is 5.69 Å². The number of aliphatic hydroxyl groups is 1. The van der Waals surface area contributed by atoms with Gasteiger partial charge in [0.1, 0.15) is 0 Å². The molecule has 0 radical (unpaired) electrons. The molecule has 0 heterocycles. The van der Waals surface area contributed by atoms with Crippen LogP contribution in [0.1, 0.15) is 18.6 Å². The largest absolute Gasteiger partial charge is 0.389 e. The number of likely N-dealkylation sites (N-methyl/N-ethyl adjacent to an activating group) is 1. The maximum absolute atomic E-state index is 9.33. The van der Waals surface area contributed by atoms with Gasteiger partial charge in [0, 0.05) is 19.3 Å². The summed E-state index contributed by atoms with van der Waals surface area (Å²) in [5.41, 5.74) is 2.08. The molecule has 0 aromatic heterocycles. The Hall–Kier alpha value is -1.28. The average Bonchev–Trinajstić information content (AvgIpc) is 2.18. The quantitative estimate of drug-likeness (QED) is 0.738. The van der Waals surface area contributed by atoms with Crippen molar-refractivity contribution in [1.82, 2.24) is 0 Å². The maximum atomic E-state index is 9.33. The Morgan fingerprint density at radius 3 is 2.43 bits per heavy atom. The van der Waals surface area contributed by atoms with Crippen molar-refractivity contribution >= 4 is 5.69 Å². The van der Waals surface area contributed by atoms with E-state index < -0.39 is 6.10 Å². The molecular weight excluding hydrogens is 174 g/mol. The van der Waals surface area contributed by atoms with Crippen LogP contribution in [0, 0.1) is 0 Å². The lowest BCUT2D eigenvalue weighted by Crippen LogP contribution is -2.16. The molecule has 2 nitrogen and oxygen atoms in total. The summed E-state index contributed by atoms with van der Waals surface area (Å²) >= 11 is 0. The van der Waals surface area contributed by atoms with Crippen LogP contribution in [0.25, 0.3) is 0 Å². The van der Waals surface area contributed by atoms with Crippen LogP contribution in [-0.4, -0.2) is 18.7 Å². The van der Waals surface area contributed by atoms with Crippen LogP contribution in [-0.2, 0) is 0 Å². The number of anilines is 1. The first-order valence-corrected chi connectivity index (χ1v) is 4.75. The second-order valence-corrected chi connectivity index (χ2v) is 3.44. The molecule has 0 fully saturated rings. The van der Waals surface area contributed by atoms with Crippen LogP contribution in [0.15, 0.2) is 36.9 Å². The summed E-state index contributed by atoms with van der Waals surface area (Å²) in [5.74, 6) is 0. The van der Waals surface area contributed by atoms with E-state index >= 15 is 0 Å². The summed E-state index contributed by atoms with van der Waals surface area (Å²) in [6.45, 7) is 6.28. The second kappa shape index (κ2) is 4.82. The Bertz CT molecular complexity index is 290. The van der Waals surface area contributed by atoms with Gasteiger partial charge in [0.2, 0.25) is 0 Å². The molecule has 2 heteroatoms. The van der Waals surface area contributed by atoms with Crippen molar-refractivity contribution in [1.29, 1.82) is 0 Å². The molecule has 0 bridgehead atoms. The van der Waals surface area contributed by atoms with Gasteiger partial charge in [-0.1, -0.05) is 18.2 Å². The van der Waals surface area contributed by atoms with Gasteiger partial charge in [-0.15, -0.1) is 6.58 Å². The molecule has 1 rings (SSSR count). The zero-order chi connectivity index (χ0) is 10.6. The molecule has 1 N–H and O–H groups in total. The SMILES string of the molecule is C=CCN(C)c1ccc([C@@H](C)O)cc1. The van der Waals surface area contributed by atoms with Gasteiger partial charge in [-0.3, -0.25) is 0 Å². The minimum atomic E-state index is -0.395. The second-order valence-electron chi connectivity index (χ2n) is 3.44. The first-order valence-electron chi connectivity index (χ1n) is 4.75. The van der Waals surface area contributed by atoms with Crippen LogP contribution in [0.5, 0.6) is 0 Å². The molecule has 1 aromatic carbocycles. The number of hydrogen-bond donors (Lipinski definition) is 1. The van der Waals surface area contributed by atoms with Crippen molar-refractivity contribution in [3.8, 4) is 0 Å². The minimum absolute atomic E-state index is 0.395. The zero-order valence-corrected chi connectivity index (χ0v) is 8.77. The van der Waals surface area contributed by atoms with Crippen LogP contribution in [0.3, 0.4) is 0 Å². The van der Waals surface area contributed by atoms with Crippen molar-refractivity contribution in [2.45, 2.75) is 13.0 Å². The molecule has 0 saturated heterocycles. The molecular formula is C12H17NO. The van der Waals surface area contributed by atoms with E-state index in [4.69, 9.17) is 0 Å². The van der Waals surface area contributed by atoms with E-state index in [1.165, 1.54) is 0 Å². The van der Waals surface area contributed by atoms with Crippen molar-refractivity contribution < 1.29 is 5.11 Å². The van der Waals surface area contributed by atoms with Gasteiger partial charge in [0.25, 0.3) is 0 Å². The Morgan fingerprint density at radius 1 is 1.43 bits per heavy atom. The molecule has 1 aromatic rings. The van der Waals surface area contributed by atoms with E-state index in [0.29, 0.717) is 0 Å². The predicted molar refractivity (Wildman–Crippen MR) is 60.5 cm³/mol. The molecule has 0 saturated carbocycles. The Morgan fingerprint density at radius 2 is 2.00 bits per heavy atom. The lowest BCUT2D eigenvalue weighted by Gasteiger charge is -2.17. The number of nitrogens with zero attached hydrogens (tertiary/aromatic N) is 1. The smallest absolute Gasteiger partial charge is 0.0761 e. The highest BCUT2D eigenvalue weighted by atomic mass is 16.3. The number of aliphatic hydroxyl groups excluding tert-OH is 1. The van der Waals surface area contributed by atoms with E-state index in [1.807, 2.05) is 37.4 Å². The van der Waals surface area contributed by atoms with Crippen LogP contribution in [0.2, 0.25) is 0 Å². The third kappa shape index (κ3) is 2.60. The molecule has 0 aliphatic rings.